The van der Waals surface area contributed by atoms with Crippen LogP contribution in [0.3, 0.4) is 0 Å². The zero-order chi connectivity index (χ0) is 14.9. The van der Waals surface area contributed by atoms with Gasteiger partial charge in [0, 0.05) is 23.1 Å². The molecule has 1 aliphatic heterocycles. The van der Waals surface area contributed by atoms with Crippen molar-refractivity contribution in [1.29, 1.82) is 0 Å². The summed E-state index contributed by atoms with van der Waals surface area (Å²) in [6, 6.07) is 5.14. The number of hydrogen-bond acceptors (Lipinski definition) is 3. The van der Waals surface area contributed by atoms with Crippen molar-refractivity contribution >= 4 is 33.5 Å². The zero-order valence-electron chi connectivity index (χ0n) is 11.2. The Morgan fingerprint density at radius 3 is 2.65 bits per heavy atom. The van der Waals surface area contributed by atoms with Gasteiger partial charge in [-0.15, -0.1) is 0 Å². The van der Waals surface area contributed by atoms with Crippen molar-refractivity contribution in [2.45, 2.75) is 19.8 Å². The first-order valence-corrected chi connectivity index (χ1v) is 7.26. The molecule has 1 aliphatic rings. The van der Waals surface area contributed by atoms with E-state index in [2.05, 4.69) is 15.9 Å². The molecule has 0 aliphatic carbocycles. The lowest BCUT2D eigenvalue weighted by molar-refractivity contribution is -0.147. The largest absolute Gasteiger partial charge is 0.481 e. The number of carbonyl (C=O) groups excluding carboxylic acids is 1. The SMILES string of the molecule is CCC1(C(=O)O)CCN(c2ccc(C(N)=O)cc2Br)C1. The molecule has 0 radical (unpaired) electrons. The molecule has 0 aromatic heterocycles. The van der Waals surface area contributed by atoms with Gasteiger partial charge < -0.3 is 15.7 Å². The second kappa shape index (κ2) is 5.44. The summed E-state index contributed by atoms with van der Waals surface area (Å²) in [5.41, 5.74) is 5.89. The summed E-state index contributed by atoms with van der Waals surface area (Å²) in [5, 5.41) is 9.42. The van der Waals surface area contributed by atoms with E-state index in [1.807, 2.05) is 11.8 Å². The lowest BCUT2D eigenvalue weighted by Gasteiger charge is -2.25. The number of aliphatic carboxylic acids is 1. The number of carboxylic acid groups (broad SMARTS) is 1. The van der Waals surface area contributed by atoms with Crippen LogP contribution in [0.5, 0.6) is 0 Å². The second-order valence-corrected chi connectivity index (χ2v) is 6.00. The molecule has 20 heavy (non-hydrogen) atoms. The molecule has 1 saturated heterocycles. The van der Waals surface area contributed by atoms with Gasteiger partial charge in [0.25, 0.3) is 0 Å². The fourth-order valence-corrected chi connectivity index (χ4v) is 3.24. The van der Waals surface area contributed by atoms with Crippen molar-refractivity contribution in [3.63, 3.8) is 0 Å². The van der Waals surface area contributed by atoms with E-state index in [1.165, 1.54) is 0 Å². The fraction of sp³-hybridized carbons (Fsp3) is 0.429. The number of nitrogens with two attached hydrogens (primary N) is 1. The molecule has 0 bridgehead atoms. The topological polar surface area (TPSA) is 83.6 Å². The van der Waals surface area contributed by atoms with Crippen LogP contribution < -0.4 is 10.6 Å². The maximum absolute atomic E-state index is 11.5. The fourth-order valence-electron chi connectivity index (χ4n) is 2.61. The molecule has 1 unspecified atom stereocenters. The Morgan fingerprint density at radius 1 is 1.50 bits per heavy atom. The number of rotatable bonds is 4. The van der Waals surface area contributed by atoms with Crippen molar-refractivity contribution in [3.05, 3.63) is 28.2 Å². The quantitative estimate of drug-likeness (QED) is 0.880. The molecule has 0 spiro atoms. The Balaban J connectivity index is 2.26. The first-order chi connectivity index (χ1) is 9.39. The highest BCUT2D eigenvalue weighted by molar-refractivity contribution is 9.10. The number of primary amides is 1. The Morgan fingerprint density at radius 2 is 2.20 bits per heavy atom. The molecule has 1 atom stereocenters. The summed E-state index contributed by atoms with van der Waals surface area (Å²) in [7, 11) is 0. The van der Waals surface area contributed by atoms with Crippen LogP contribution in [-0.2, 0) is 4.79 Å². The molecule has 1 aromatic carbocycles. The van der Waals surface area contributed by atoms with Crippen molar-refractivity contribution in [2.75, 3.05) is 18.0 Å². The molecular formula is C14H17BrN2O3. The minimum atomic E-state index is -0.743. The maximum Gasteiger partial charge on any atom is 0.311 e. The number of hydrogen-bond donors (Lipinski definition) is 2. The smallest absolute Gasteiger partial charge is 0.311 e. The molecule has 3 N–H and O–H groups in total. The van der Waals surface area contributed by atoms with Gasteiger partial charge in [-0.2, -0.15) is 0 Å². The number of anilines is 1. The number of benzene rings is 1. The van der Waals surface area contributed by atoms with E-state index in [1.54, 1.807) is 18.2 Å². The molecule has 1 heterocycles. The average Bonchev–Trinajstić information content (AvgIpc) is 2.84. The molecule has 5 nitrogen and oxygen atoms in total. The molecule has 1 fully saturated rings. The van der Waals surface area contributed by atoms with E-state index in [4.69, 9.17) is 5.73 Å². The number of amides is 1. The van der Waals surface area contributed by atoms with Gasteiger partial charge in [0.15, 0.2) is 0 Å². The van der Waals surface area contributed by atoms with Crippen LogP contribution in [0.2, 0.25) is 0 Å². The van der Waals surface area contributed by atoms with E-state index >= 15 is 0 Å². The Bertz CT molecular complexity index is 561. The minimum absolute atomic E-state index is 0.430. The van der Waals surface area contributed by atoms with Crippen molar-refractivity contribution in [1.82, 2.24) is 0 Å². The molecule has 1 aromatic rings. The Kier molecular flexibility index (Phi) is 4.04. The monoisotopic (exact) mass is 340 g/mol. The van der Waals surface area contributed by atoms with E-state index in [0.717, 1.165) is 10.2 Å². The third-order valence-electron chi connectivity index (χ3n) is 4.06. The van der Waals surface area contributed by atoms with Gasteiger partial charge in [-0.25, -0.2) is 0 Å². The molecule has 2 rings (SSSR count). The van der Waals surface area contributed by atoms with Crippen LogP contribution in [0.15, 0.2) is 22.7 Å². The predicted molar refractivity (Wildman–Crippen MR) is 79.8 cm³/mol. The van der Waals surface area contributed by atoms with Crippen molar-refractivity contribution < 1.29 is 14.7 Å². The van der Waals surface area contributed by atoms with E-state index in [-0.39, 0.29) is 0 Å². The van der Waals surface area contributed by atoms with Gasteiger partial charge in [0.2, 0.25) is 5.91 Å². The van der Waals surface area contributed by atoms with Crippen LogP contribution in [0, 0.1) is 5.41 Å². The van der Waals surface area contributed by atoms with Crippen molar-refractivity contribution in [2.24, 2.45) is 11.1 Å². The normalized spacial score (nSPS) is 22.0. The van der Waals surface area contributed by atoms with Gasteiger partial charge in [0.1, 0.15) is 0 Å². The summed E-state index contributed by atoms with van der Waals surface area (Å²) >= 11 is 3.43. The molecule has 0 saturated carbocycles. The first-order valence-electron chi connectivity index (χ1n) is 6.47. The second-order valence-electron chi connectivity index (χ2n) is 5.14. The molecule has 1 amide bonds. The Labute approximate surface area is 125 Å². The van der Waals surface area contributed by atoms with Gasteiger partial charge in [-0.05, 0) is 47.0 Å². The summed E-state index contributed by atoms with van der Waals surface area (Å²) in [6.45, 7) is 3.07. The average molecular weight is 341 g/mol. The summed E-state index contributed by atoms with van der Waals surface area (Å²) in [5.74, 6) is -1.22. The van der Waals surface area contributed by atoms with Gasteiger partial charge in [-0.3, -0.25) is 9.59 Å². The molecule has 6 heteroatoms. The van der Waals surface area contributed by atoms with Crippen LogP contribution in [0.25, 0.3) is 0 Å². The first kappa shape index (κ1) is 14.8. The molecular weight excluding hydrogens is 324 g/mol. The number of carbonyl (C=O) groups is 2. The predicted octanol–water partition coefficient (Wildman–Crippen LogP) is 2.24. The third kappa shape index (κ3) is 2.52. The minimum Gasteiger partial charge on any atom is -0.481 e. The maximum atomic E-state index is 11.5. The van der Waals surface area contributed by atoms with E-state index in [0.29, 0.717) is 31.5 Å². The standard InChI is InChI=1S/C14H17BrN2O3/c1-2-14(13(19)20)5-6-17(8-14)11-4-3-9(12(16)18)7-10(11)15/h3-4,7H,2,5-6,8H2,1H3,(H2,16,18)(H,19,20). The van der Waals surface area contributed by atoms with Crippen LogP contribution in [0.4, 0.5) is 5.69 Å². The van der Waals surface area contributed by atoms with E-state index < -0.39 is 17.3 Å². The number of nitrogens with zero attached hydrogens (tertiary/aromatic N) is 1. The van der Waals surface area contributed by atoms with Crippen molar-refractivity contribution in [3.8, 4) is 0 Å². The highest BCUT2D eigenvalue weighted by Crippen LogP contribution is 2.39. The molecule has 108 valence electrons. The highest BCUT2D eigenvalue weighted by atomic mass is 79.9. The van der Waals surface area contributed by atoms with Gasteiger partial charge in [-0.1, -0.05) is 6.92 Å². The number of halogens is 1. The highest BCUT2D eigenvalue weighted by Gasteiger charge is 2.43. The van der Waals surface area contributed by atoms with Crippen LogP contribution >= 0.6 is 15.9 Å². The van der Waals surface area contributed by atoms with Crippen LogP contribution in [0.1, 0.15) is 30.1 Å². The lowest BCUT2D eigenvalue weighted by Crippen LogP contribution is -2.34. The summed E-state index contributed by atoms with van der Waals surface area (Å²) < 4.78 is 0.756. The van der Waals surface area contributed by atoms with Gasteiger partial charge in [0.05, 0.1) is 11.1 Å². The summed E-state index contributed by atoms with van der Waals surface area (Å²) in [6.07, 6.45) is 1.23. The van der Waals surface area contributed by atoms with Crippen LogP contribution in [-0.4, -0.2) is 30.1 Å². The third-order valence-corrected chi connectivity index (χ3v) is 4.69. The summed E-state index contributed by atoms with van der Waals surface area (Å²) in [4.78, 5) is 24.6. The number of carboxylic acids is 1. The zero-order valence-corrected chi connectivity index (χ0v) is 12.8. The Hall–Kier alpha value is -1.56. The van der Waals surface area contributed by atoms with Gasteiger partial charge >= 0.3 is 5.97 Å². The van der Waals surface area contributed by atoms with E-state index in [9.17, 15) is 14.7 Å². The lowest BCUT2D eigenvalue weighted by atomic mass is 9.84.